The highest BCUT2D eigenvalue weighted by atomic mass is 32.1. The van der Waals surface area contributed by atoms with Crippen LogP contribution in [0.2, 0.25) is 0 Å². The van der Waals surface area contributed by atoms with E-state index in [9.17, 15) is 4.79 Å². The molecule has 0 aliphatic carbocycles. The van der Waals surface area contributed by atoms with Crippen molar-refractivity contribution in [2.45, 2.75) is 20.8 Å². The van der Waals surface area contributed by atoms with Crippen LogP contribution in [0.4, 0.5) is 0 Å². The quantitative estimate of drug-likeness (QED) is 0.663. The van der Waals surface area contributed by atoms with Crippen LogP contribution < -0.4 is 5.56 Å². The molecule has 2 heterocycles. The third-order valence-electron chi connectivity index (χ3n) is 2.51. The minimum absolute atomic E-state index is 0.0642. The van der Waals surface area contributed by atoms with Gasteiger partial charge in [0.05, 0.1) is 10.9 Å². The number of thiophene rings is 1. The first-order valence-electron chi connectivity index (χ1n) is 4.45. The molecule has 74 valence electrons. The highest BCUT2D eigenvalue weighted by molar-refractivity contribution is 7.13. The van der Waals surface area contributed by atoms with Gasteiger partial charge in [0.15, 0.2) is 0 Å². The van der Waals surface area contributed by atoms with E-state index in [0.29, 0.717) is 0 Å². The molecule has 0 aliphatic heterocycles. The number of fused-ring (bicyclic) bond motifs is 1. The summed E-state index contributed by atoms with van der Waals surface area (Å²) in [4.78, 5) is 18.5. The lowest BCUT2D eigenvalue weighted by Gasteiger charge is -2.02. The second kappa shape index (κ2) is 2.92. The fourth-order valence-corrected chi connectivity index (χ4v) is 2.60. The van der Waals surface area contributed by atoms with Crippen LogP contribution in [0.1, 0.15) is 15.6 Å². The second-order valence-electron chi connectivity index (χ2n) is 3.46. The van der Waals surface area contributed by atoms with Crippen LogP contribution in [-0.2, 0) is 7.05 Å². The van der Waals surface area contributed by atoms with Gasteiger partial charge in [-0.05, 0) is 20.8 Å². The Hall–Kier alpha value is -1.16. The zero-order valence-corrected chi connectivity index (χ0v) is 9.53. The Morgan fingerprint density at radius 1 is 1.21 bits per heavy atom. The fourth-order valence-electron chi connectivity index (χ4n) is 1.61. The van der Waals surface area contributed by atoms with Gasteiger partial charge in [0.2, 0.25) is 0 Å². The van der Waals surface area contributed by atoms with E-state index < -0.39 is 0 Å². The average molecular weight is 208 g/mol. The van der Waals surface area contributed by atoms with Crippen LogP contribution in [0, 0.1) is 20.8 Å². The maximum absolute atomic E-state index is 11.9. The first-order chi connectivity index (χ1) is 6.52. The summed E-state index contributed by atoms with van der Waals surface area (Å²) >= 11 is 1.64. The van der Waals surface area contributed by atoms with Crippen LogP contribution >= 0.6 is 11.3 Å². The van der Waals surface area contributed by atoms with Crippen molar-refractivity contribution in [2.24, 2.45) is 7.05 Å². The number of nitrogens with zero attached hydrogens (tertiary/aromatic N) is 2. The molecule has 2 aromatic heterocycles. The van der Waals surface area contributed by atoms with Crippen LogP contribution in [0.25, 0.3) is 10.9 Å². The highest BCUT2D eigenvalue weighted by Gasteiger charge is 2.12. The Morgan fingerprint density at radius 2 is 1.86 bits per heavy atom. The van der Waals surface area contributed by atoms with Crippen molar-refractivity contribution < 1.29 is 0 Å². The summed E-state index contributed by atoms with van der Waals surface area (Å²) in [5.74, 6) is 0.767. The molecule has 0 atom stereocenters. The monoisotopic (exact) mass is 208 g/mol. The van der Waals surface area contributed by atoms with Gasteiger partial charge in [0.1, 0.15) is 5.82 Å². The van der Waals surface area contributed by atoms with E-state index >= 15 is 0 Å². The van der Waals surface area contributed by atoms with Gasteiger partial charge in [0.25, 0.3) is 5.56 Å². The fraction of sp³-hybridized carbons (Fsp3) is 0.400. The van der Waals surface area contributed by atoms with E-state index in [-0.39, 0.29) is 5.56 Å². The molecule has 0 saturated heterocycles. The standard InChI is InChI=1S/C10H12N2OS/c1-5-8-9(6(2)14-5)11-7(3)12(4)10(8)13/h1-4H3. The average Bonchev–Trinajstić information content (AvgIpc) is 2.38. The van der Waals surface area contributed by atoms with Gasteiger partial charge in [-0.1, -0.05) is 0 Å². The molecule has 0 N–H and O–H groups in total. The summed E-state index contributed by atoms with van der Waals surface area (Å²) in [7, 11) is 1.76. The SMILES string of the molecule is Cc1sc(C)c2c(=O)n(C)c(C)nc12. The van der Waals surface area contributed by atoms with Gasteiger partial charge in [-0.3, -0.25) is 9.36 Å². The van der Waals surface area contributed by atoms with Crippen molar-refractivity contribution in [1.29, 1.82) is 0 Å². The predicted molar refractivity (Wildman–Crippen MR) is 59.1 cm³/mol. The summed E-state index contributed by atoms with van der Waals surface area (Å²) in [6.45, 7) is 5.83. The number of aryl methyl sites for hydroxylation is 3. The molecule has 4 heteroatoms. The molecule has 2 aromatic rings. The minimum atomic E-state index is 0.0642. The van der Waals surface area contributed by atoms with Gasteiger partial charge in [0, 0.05) is 16.8 Å². The molecule has 0 amide bonds. The van der Waals surface area contributed by atoms with Crippen LogP contribution in [0.3, 0.4) is 0 Å². The molecule has 0 aromatic carbocycles. The first kappa shape index (κ1) is 9.40. The summed E-state index contributed by atoms with van der Waals surface area (Å²) in [5, 5.41) is 0.778. The Balaban J connectivity index is 3.09. The van der Waals surface area contributed by atoms with Crippen molar-refractivity contribution in [3.63, 3.8) is 0 Å². The highest BCUT2D eigenvalue weighted by Crippen LogP contribution is 2.25. The molecule has 3 nitrogen and oxygen atoms in total. The van der Waals surface area contributed by atoms with E-state index in [4.69, 9.17) is 0 Å². The lowest BCUT2D eigenvalue weighted by atomic mass is 10.3. The zero-order valence-electron chi connectivity index (χ0n) is 8.71. The Bertz CT molecular complexity index is 565. The number of aromatic nitrogens is 2. The maximum atomic E-state index is 11.9. The molecular weight excluding hydrogens is 196 g/mol. The molecule has 0 aliphatic rings. The third-order valence-corrected chi connectivity index (χ3v) is 3.52. The second-order valence-corrected chi connectivity index (χ2v) is 4.89. The van der Waals surface area contributed by atoms with Crippen LogP contribution in [0.15, 0.2) is 4.79 Å². The molecule has 0 saturated carbocycles. The van der Waals surface area contributed by atoms with Gasteiger partial charge >= 0.3 is 0 Å². The summed E-state index contributed by atoms with van der Waals surface area (Å²) < 4.78 is 1.60. The van der Waals surface area contributed by atoms with Gasteiger partial charge in [-0.25, -0.2) is 4.98 Å². The molecule has 2 rings (SSSR count). The minimum Gasteiger partial charge on any atom is -0.299 e. The largest absolute Gasteiger partial charge is 0.299 e. The number of hydrogen-bond donors (Lipinski definition) is 0. The Morgan fingerprint density at radius 3 is 2.50 bits per heavy atom. The molecule has 0 radical (unpaired) electrons. The predicted octanol–water partition coefficient (Wildman–Crippen LogP) is 1.92. The maximum Gasteiger partial charge on any atom is 0.262 e. The summed E-state index contributed by atoms with van der Waals surface area (Å²) in [5.41, 5.74) is 0.933. The lowest BCUT2D eigenvalue weighted by molar-refractivity contribution is 0.792. The van der Waals surface area contributed by atoms with Crippen molar-refractivity contribution >= 4 is 22.2 Å². The lowest BCUT2D eigenvalue weighted by Crippen LogP contribution is -2.20. The number of hydrogen-bond acceptors (Lipinski definition) is 3. The van der Waals surface area contributed by atoms with E-state index in [0.717, 1.165) is 26.5 Å². The third kappa shape index (κ3) is 1.10. The zero-order chi connectivity index (χ0) is 10.5. The van der Waals surface area contributed by atoms with Crippen molar-refractivity contribution in [3.8, 4) is 0 Å². The van der Waals surface area contributed by atoms with Crippen molar-refractivity contribution in [3.05, 3.63) is 25.9 Å². The van der Waals surface area contributed by atoms with E-state index in [1.807, 2.05) is 20.8 Å². The normalized spacial score (nSPS) is 11.1. The summed E-state index contributed by atoms with van der Waals surface area (Å²) in [6.07, 6.45) is 0. The van der Waals surface area contributed by atoms with Crippen LogP contribution in [0.5, 0.6) is 0 Å². The van der Waals surface area contributed by atoms with Crippen molar-refractivity contribution in [2.75, 3.05) is 0 Å². The Kier molecular flexibility index (Phi) is 1.96. The van der Waals surface area contributed by atoms with Gasteiger partial charge in [-0.15, -0.1) is 11.3 Å². The molecule has 0 bridgehead atoms. The summed E-state index contributed by atoms with van der Waals surface area (Å²) in [6, 6.07) is 0. The molecule has 14 heavy (non-hydrogen) atoms. The number of rotatable bonds is 0. The molecule has 0 spiro atoms. The molecule has 0 unspecified atom stereocenters. The molecule has 0 fully saturated rings. The van der Waals surface area contributed by atoms with E-state index in [1.54, 1.807) is 23.0 Å². The molecular formula is C10H12N2OS. The van der Waals surface area contributed by atoms with Gasteiger partial charge in [-0.2, -0.15) is 0 Å². The van der Waals surface area contributed by atoms with Crippen LogP contribution in [-0.4, -0.2) is 9.55 Å². The topological polar surface area (TPSA) is 34.9 Å². The smallest absolute Gasteiger partial charge is 0.262 e. The van der Waals surface area contributed by atoms with E-state index in [1.165, 1.54) is 0 Å². The van der Waals surface area contributed by atoms with Crippen molar-refractivity contribution in [1.82, 2.24) is 9.55 Å². The Labute approximate surface area is 86.0 Å². The first-order valence-corrected chi connectivity index (χ1v) is 5.27. The van der Waals surface area contributed by atoms with Gasteiger partial charge < -0.3 is 0 Å². The van der Waals surface area contributed by atoms with E-state index in [2.05, 4.69) is 4.98 Å².